The third kappa shape index (κ3) is 3.15. The fourth-order valence-corrected chi connectivity index (χ4v) is 2.02. The van der Waals surface area contributed by atoms with Gasteiger partial charge in [-0.1, -0.05) is 23.2 Å². The molecular weight excluding hydrogens is 299 g/mol. The highest BCUT2D eigenvalue weighted by atomic mass is 35.5. The summed E-state index contributed by atoms with van der Waals surface area (Å²) in [5, 5.41) is 3.52. The van der Waals surface area contributed by atoms with Crippen LogP contribution in [0, 0.1) is 0 Å². The lowest BCUT2D eigenvalue weighted by atomic mass is 10.1. The molecule has 0 aromatic heterocycles. The number of carbonyl (C=O) groups is 1. The molecule has 2 aromatic carbocycles. The first-order valence-corrected chi connectivity index (χ1v) is 6.47. The summed E-state index contributed by atoms with van der Waals surface area (Å²) < 4.78 is 5.14. The fourth-order valence-electron chi connectivity index (χ4n) is 1.69. The maximum absolute atomic E-state index is 12.3. The lowest BCUT2D eigenvalue weighted by Crippen LogP contribution is -2.13. The van der Waals surface area contributed by atoms with Crippen molar-refractivity contribution in [2.24, 2.45) is 0 Å². The number of benzene rings is 2. The highest BCUT2D eigenvalue weighted by Crippen LogP contribution is 2.27. The number of nitrogen functional groups attached to an aromatic ring is 1. The molecule has 4 nitrogen and oxygen atoms in total. The number of ether oxygens (including phenoxy) is 1. The Kier molecular flexibility index (Phi) is 4.37. The molecule has 0 aliphatic carbocycles. The molecule has 0 unspecified atom stereocenters. The highest BCUT2D eigenvalue weighted by molar-refractivity contribution is 6.34. The van der Waals surface area contributed by atoms with Gasteiger partial charge in [0.15, 0.2) is 0 Å². The third-order valence-corrected chi connectivity index (χ3v) is 3.21. The molecule has 1 amide bonds. The Bertz CT molecular complexity index is 660. The minimum atomic E-state index is -0.378. The van der Waals surface area contributed by atoms with Crippen LogP contribution in [0.3, 0.4) is 0 Å². The number of methoxy groups -OCH3 is 1. The largest absolute Gasteiger partial charge is 0.496 e. The van der Waals surface area contributed by atoms with Crippen molar-refractivity contribution >= 4 is 40.5 Å². The van der Waals surface area contributed by atoms with E-state index in [9.17, 15) is 4.79 Å². The van der Waals surface area contributed by atoms with Gasteiger partial charge in [-0.15, -0.1) is 0 Å². The van der Waals surface area contributed by atoms with Crippen LogP contribution in [0.5, 0.6) is 5.75 Å². The molecule has 0 spiro atoms. The number of hydrogen-bond acceptors (Lipinski definition) is 3. The molecule has 0 fully saturated rings. The highest BCUT2D eigenvalue weighted by Gasteiger charge is 2.14. The fraction of sp³-hybridized carbons (Fsp3) is 0.0714. The summed E-state index contributed by atoms with van der Waals surface area (Å²) in [7, 11) is 1.48. The van der Waals surface area contributed by atoms with Crippen molar-refractivity contribution in [3.05, 3.63) is 52.0 Å². The lowest BCUT2D eigenvalue weighted by molar-refractivity contribution is 0.102. The molecule has 0 heterocycles. The second-order valence-electron chi connectivity index (χ2n) is 4.04. The van der Waals surface area contributed by atoms with Crippen molar-refractivity contribution in [2.45, 2.75) is 0 Å². The van der Waals surface area contributed by atoms with Crippen molar-refractivity contribution in [1.82, 2.24) is 0 Å². The van der Waals surface area contributed by atoms with E-state index in [1.807, 2.05) is 0 Å². The van der Waals surface area contributed by atoms with E-state index in [2.05, 4.69) is 5.32 Å². The Hall–Kier alpha value is -1.91. The molecule has 20 heavy (non-hydrogen) atoms. The Labute approximate surface area is 126 Å². The van der Waals surface area contributed by atoms with Gasteiger partial charge >= 0.3 is 0 Å². The van der Waals surface area contributed by atoms with E-state index in [1.165, 1.54) is 13.2 Å². The van der Waals surface area contributed by atoms with Crippen LogP contribution in [0.2, 0.25) is 10.0 Å². The van der Waals surface area contributed by atoms with Gasteiger partial charge in [-0.05, 0) is 36.4 Å². The smallest absolute Gasteiger partial charge is 0.259 e. The summed E-state index contributed by atoms with van der Waals surface area (Å²) in [4.78, 5) is 12.3. The van der Waals surface area contributed by atoms with E-state index < -0.39 is 0 Å². The van der Waals surface area contributed by atoms with Gasteiger partial charge in [-0.3, -0.25) is 4.79 Å². The van der Waals surface area contributed by atoms with E-state index in [1.54, 1.807) is 30.3 Å². The van der Waals surface area contributed by atoms with Crippen LogP contribution in [0.25, 0.3) is 0 Å². The van der Waals surface area contributed by atoms with Gasteiger partial charge in [0.05, 0.1) is 23.4 Å². The van der Waals surface area contributed by atoms with Crippen LogP contribution in [-0.4, -0.2) is 13.0 Å². The normalized spacial score (nSPS) is 10.2. The predicted molar refractivity (Wildman–Crippen MR) is 81.8 cm³/mol. The minimum absolute atomic E-state index is 0.318. The summed E-state index contributed by atoms with van der Waals surface area (Å²) >= 11 is 11.9. The minimum Gasteiger partial charge on any atom is -0.496 e. The summed E-state index contributed by atoms with van der Waals surface area (Å²) in [5.74, 6) is 0.0452. The summed E-state index contributed by atoms with van der Waals surface area (Å²) in [6, 6.07) is 9.63. The molecule has 104 valence electrons. The average molecular weight is 311 g/mol. The van der Waals surface area contributed by atoms with Crippen LogP contribution in [0.15, 0.2) is 36.4 Å². The van der Waals surface area contributed by atoms with Gasteiger partial charge in [0.1, 0.15) is 5.75 Å². The van der Waals surface area contributed by atoms with E-state index in [0.29, 0.717) is 32.7 Å². The Morgan fingerprint density at radius 1 is 1.20 bits per heavy atom. The molecule has 0 atom stereocenters. The van der Waals surface area contributed by atoms with Gasteiger partial charge in [0.2, 0.25) is 0 Å². The molecule has 6 heteroatoms. The zero-order valence-electron chi connectivity index (χ0n) is 10.6. The molecule has 0 saturated carbocycles. The van der Waals surface area contributed by atoms with Crippen LogP contribution >= 0.6 is 23.2 Å². The van der Waals surface area contributed by atoms with E-state index in [-0.39, 0.29) is 5.91 Å². The first kappa shape index (κ1) is 14.5. The molecule has 0 saturated heterocycles. The number of nitrogens with two attached hydrogens (primary N) is 1. The first-order valence-electron chi connectivity index (χ1n) is 5.71. The second kappa shape index (κ2) is 6.03. The van der Waals surface area contributed by atoms with Gasteiger partial charge in [0.25, 0.3) is 5.91 Å². The number of anilines is 2. The van der Waals surface area contributed by atoms with Gasteiger partial charge in [0, 0.05) is 10.7 Å². The van der Waals surface area contributed by atoms with Crippen molar-refractivity contribution in [1.29, 1.82) is 0 Å². The molecule has 0 bridgehead atoms. The Balaban J connectivity index is 2.32. The monoisotopic (exact) mass is 310 g/mol. The zero-order chi connectivity index (χ0) is 14.7. The van der Waals surface area contributed by atoms with E-state index in [0.717, 1.165) is 0 Å². The lowest BCUT2D eigenvalue weighted by Gasteiger charge is -2.11. The molecule has 0 aliphatic heterocycles. The number of nitrogens with one attached hydrogen (secondary N) is 1. The Morgan fingerprint density at radius 3 is 2.65 bits per heavy atom. The van der Waals surface area contributed by atoms with E-state index in [4.69, 9.17) is 33.7 Å². The van der Waals surface area contributed by atoms with Crippen LogP contribution in [-0.2, 0) is 0 Å². The number of hydrogen-bond donors (Lipinski definition) is 2. The van der Waals surface area contributed by atoms with Crippen LogP contribution < -0.4 is 15.8 Å². The molecule has 0 radical (unpaired) electrons. The molecule has 2 rings (SSSR count). The topological polar surface area (TPSA) is 64.3 Å². The SMILES string of the molecule is COc1ccc(Cl)cc1C(=O)Nc1cc(N)ccc1Cl. The molecular formula is C14H12Cl2N2O2. The van der Waals surface area contributed by atoms with Crippen molar-refractivity contribution in [3.8, 4) is 5.75 Å². The quantitative estimate of drug-likeness (QED) is 0.847. The van der Waals surface area contributed by atoms with Crippen LogP contribution in [0.1, 0.15) is 10.4 Å². The Morgan fingerprint density at radius 2 is 1.95 bits per heavy atom. The zero-order valence-corrected chi connectivity index (χ0v) is 12.1. The van der Waals surface area contributed by atoms with Gasteiger partial charge in [-0.2, -0.15) is 0 Å². The second-order valence-corrected chi connectivity index (χ2v) is 4.88. The number of amides is 1. The number of rotatable bonds is 3. The maximum atomic E-state index is 12.3. The van der Waals surface area contributed by atoms with E-state index >= 15 is 0 Å². The summed E-state index contributed by atoms with van der Waals surface area (Å²) in [6.07, 6.45) is 0. The van der Waals surface area contributed by atoms with Crippen LogP contribution in [0.4, 0.5) is 11.4 Å². The standard InChI is InChI=1S/C14H12Cl2N2O2/c1-20-13-5-2-8(15)6-10(13)14(19)18-12-7-9(17)3-4-11(12)16/h2-7H,17H2,1H3,(H,18,19). The maximum Gasteiger partial charge on any atom is 0.259 e. The average Bonchev–Trinajstić information content (AvgIpc) is 2.42. The van der Waals surface area contributed by atoms with Crippen molar-refractivity contribution in [3.63, 3.8) is 0 Å². The van der Waals surface area contributed by atoms with Gasteiger partial charge < -0.3 is 15.8 Å². The van der Waals surface area contributed by atoms with Crippen molar-refractivity contribution in [2.75, 3.05) is 18.2 Å². The number of halogens is 2. The third-order valence-electron chi connectivity index (χ3n) is 2.64. The predicted octanol–water partition coefficient (Wildman–Crippen LogP) is 3.84. The summed E-state index contributed by atoms with van der Waals surface area (Å²) in [6.45, 7) is 0. The molecule has 0 aliphatic rings. The van der Waals surface area contributed by atoms with Crippen molar-refractivity contribution < 1.29 is 9.53 Å². The molecule has 3 N–H and O–H groups in total. The first-order chi connectivity index (χ1) is 9.51. The summed E-state index contributed by atoms with van der Waals surface area (Å²) in [5.41, 5.74) is 6.92. The number of carbonyl (C=O) groups excluding carboxylic acids is 1. The van der Waals surface area contributed by atoms with Gasteiger partial charge in [-0.25, -0.2) is 0 Å². The molecule has 2 aromatic rings.